The molecule has 0 bridgehead atoms. The lowest BCUT2D eigenvalue weighted by molar-refractivity contribution is 0.178. The van der Waals surface area contributed by atoms with Crippen molar-refractivity contribution in [2.45, 2.75) is 25.9 Å². The fourth-order valence-electron chi connectivity index (χ4n) is 1.75. The quantitative estimate of drug-likeness (QED) is 0.578. The molecule has 0 saturated heterocycles. The summed E-state index contributed by atoms with van der Waals surface area (Å²) in [6, 6.07) is 4.19. The zero-order valence-electron chi connectivity index (χ0n) is 7.83. The number of pyridine rings is 1. The van der Waals surface area contributed by atoms with Gasteiger partial charge in [-0.25, -0.2) is 0 Å². The fourth-order valence-corrected chi connectivity index (χ4v) is 1.75. The van der Waals surface area contributed by atoms with Crippen molar-refractivity contribution in [3.63, 3.8) is 0 Å². The van der Waals surface area contributed by atoms with Crippen LogP contribution in [0.3, 0.4) is 0 Å². The van der Waals surface area contributed by atoms with Crippen LogP contribution in [0.1, 0.15) is 25.1 Å². The first-order chi connectivity index (χ1) is 5.62. The lowest BCUT2D eigenvalue weighted by atomic mass is 9.96. The summed E-state index contributed by atoms with van der Waals surface area (Å²) in [5.74, 6) is 0. The maximum atomic E-state index is 4.36. The average Bonchev–Trinajstić information content (AvgIpc) is 2.25. The van der Waals surface area contributed by atoms with Crippen molar-refractivity contribution >= 4 is 0 Å². The molecule has 2 heterocycles. The van der Waals surface area contributed by atoms with E-state index in [1.165, 1.54) is 11.3 Å². The minimum absolute atomic E-state index is 0.156. The van der Waals surface area contributed by atoms with Gasteiger partial charge in [0, 0.05) is 18.3 Å². The Morgan fingerprint density at radius 1 is 1.50 bits per heavy atom. The maximum absolute atomic E-state index is 4.36. The Labute approximate surface area is 73.2 Å². The minimum Gasteiger partial charge on any atom is -0.291 e. The molecular formula is C10H14N2. The SMILES string of the molecule is CN1Cc2ncccc2C1(C)C. The molecule has 0 unspecified atom stereocenters. The standard InChI is InChI=1S/C10H14N2/c1-10(2)8-5-4-6-11-9(8)7-12(10)3/h4-6H,7H2,1-3H3. The molecule has 2 rings (SSSR count). The van der Waals surface area contributed by atoms with Crippen molar-refractivity contribution < 1.29 is 0 Å². The van der Waals surface area contributed by atoms with E-state index in [9.17, 15) is 0 Å². The van der Waals surface area contributed by atoms with Crippen LogP contribution in [0, 0.1) is 0 Å². The first-order valence-corrected chi connectivity index (χ1v) is 4.28. The van der Waals surface area contributed by atoms with E-state index in [4.69, 9.17) is 0 Å². The van der Waals surface area contributed by atoms with E-state index in [1.807, 2.05) is 12.3 Å². The van der Waals surface area contributed by atoms with Crippen molar-refractivity contribution in [2.24, 2.45) is 0 Å². The second-order valence-electron chi connectivity index (χ2n) is 3.91. The van der Waals surface area contributed by atoms with Crippen molar-refractivity contribution in [1.82, 2.24) is 9.88 Å². The van der Waals surface area contributed by atoms with Crippen LogP contribution in [0.15, 0.2) is 18.3 Å². The third kappa shape index (κ3) is 0.879. The van der Waals surface area contributed by atoms with Gasteiger partial charge in [-0.05, 0) is 32.5 Å². The predicted octanol–water partition coefficient (Wildman–Crippen LogP) is 1.76. The number of rotatable bonds is 0. The second-order valence-corrected chi connectivity index (χ2v) is 3.91. The molecule has 12 heavy (non-hydrogen) atoms. The van der Waals surface area contributed by atoms with Crippen LogP contribution in [0.2, 0.25) is 0 Å². The van der Waals surface area contributed by atoms with Crippen LogP contribution < -0.4 is 0 Å². The molecule has 1 aromatic rings. The van der Waals surface area contributed by atoms with Crippen molar-refractivity contribution in [3.8, 4) is 0 Å². The van der Waals surface area contributed by atoms with Crippen LogP contribution in [-0.2, 0) is 12.1 Å². The van der Waals surface area contributed by atoms with Crippen LogP contribution in [0.5, 0.6) is 0 Å². The van der Waals surface area contributed by atoms with E-state index < -0.39 is 0 Å². The molecule has 0 amide bonds. The van der Waals surface area contributed by atoms with Crippen molar-refractivity contribution in [2.75, 3.05) is 7.05 Å². The molecule has 1 aliphatic rings. The predicted molar refractivity (Wildman–Crippen MR) is 48.7 cm³/mol. The van der Waals surface area contributed by atoms with Gasteiger partial charge in [0.05, 0.1) is 5.69 Å². The summed E-state index contributed by atoms with van der Waals surface area (Å²) in [5, 5.41) is 0. The van der Waals surface area contributed by atoms with E-state index in [1.54, 1.807) is 0 Å². The van der Waals surface area contributed by atoms with Crippen molar-refractivity contribution in [1.29, 1.82) is 0 Å². The summed E-state index contributed by atoms with van der Waals surface area (Å²) in [4.78, 5) is 6.69. The Morgan fingerprint density at radius 2 is 2.25 bits per heavy atom. The van der Waals surface area contributed by atoms with E-state index in [0.29, 0.717) is 0 Å². The van der Waals surface area contributed by atoms with Gasteiger partial charge in [-0.15, -0.1) is 0 Å². The highest BCUT2D eigenvalue weighted by Crippen LogP contribution is 2.35. The van der Waals surface area contributed by atoms with Gasteiger partial charge in [0.25, 0.3) is 0 Å². The zero-order valence-corrected chi connectivity index (χ0v) is 7.83. The maximum Gasteiger partial charge on any atom is 0.0594 e. The molecule has 0 radical (unpaired) electrons. The molecule has 0 aliphatic carbocycles. The van der Waals surface area contributed by atoms with E-state index in [-0.39, 0.29) is 5.54 Å². The van der Waals surface area contributed by atoms with Crippen LogP contribution in [0.4, 0.5) is 0 Å². The largest absolute Gasteiger partial charge is 0.291 e. The van der Waals surface area contributed by atoms with Gasteiger partial charge in [0.1, 0.15) is 0 Å². The molecule has 0 spiro atoms. The van der Waals surface area contributed by atoms with Gasteiger partial charge in [-0.1, -0.05) is 6.07 Å². The monoisotopic (exact) mass is 162 g/mol. The van der Waals surface area contributed by atoms with Gasteiger partial charge in [-0.3, -0.25) is 9.88 Å². The first kappa shape index (κ1) is 7.74. The van der Waals surface area contributed by atoms with Gasteiger partial charge in [0.2, 0.25) is 0 Å². The second kappa shape index (κ2) is 2.30. The summed E-state index contributed by atoms with van der Waals surface area (Å²) < 4.78 is 0. The topological polar surface area (TPSA) is 16.1 Å². The molecule has 64 valence electrons. The summed E-state index contributed by atoms with van der Waals surface area (Å²) in [6.07, 6.45) is 1.87. The highest BCUT2D eigenvalue weighted by molar-refractivity contribution is 5.31. The smallest absolute Gasteiger partial charge is 0.0594 e. The minimum atomic E-state index is 0.156. The van der Waals surface area contributed by atoms with E-state index >= 15 is 0 Å². The third-order valence-corrected chi connectivity index (χ3v) is 2.89. The molecule has 2 heteroatoms. The number of fused-ring (bicyclic) bond motifs is 1. The number of aromatic nitrogens is 1. The summed E-state index contributed by atoms with van der Waals surface area (Å²) in [7, 11) is 2.14. The van der Waals surface area contributed by atoms with Gasteiger partial charge < -0.3 is 0 Å². The third-order valence-electron chi connectivity index (χ3n) is 2.89. The molecule has 0 fully saturated rings. The van der Waals surface area contributed by atoms with Crippen LogP contribution >= 0.6 is 0 Å². The number of nitrogens with zero attached hydrogens (tertiary/aromatic N) is 2. The van der Waals surface area contributed by atoms with Crippen LogP contribution in [-0.4, -0.2) is 16.9 Å². The lowest BCUT2D eigenvalue weighted by Gasteiger charge is -2.28. The lowest BCUT2D eigenvalue weighted by Crippen LogP contribution is -2.31. The van der Waals surface area contributed by atoms with E-state index in [0.717, 1.165) is 6.54 Å². The molecule has 0 aromatic carbocycles. The fraction of sp³-hybridized carbons (Fsp3) is 0.500. The number of hydrogen-bond donors (Lipinski definition) is 0. The summed E-state index contributed by atoms with van der Waals surface area (Å²) >= 11 is 0. The first-order valence-electron chi connectivity index (χ1n) is 4.28. The molecular weight excluding hydrogens is 148 g/mol. The Balaban J connectivity index is 2.55. The average molecular weight is 162 g/mol. The summed E-state index contributed by atoms with van der Waals surface area (Å²) in [6.45, 7) is 5.45. The number of hydrogen-bond acceptors (Lipinski definition) is 2. The van der Waals surface area contributed by atoms with Crippen LogP contribution in [0.25, 0.3) is 0 Å². The highest BCUT2D eigenvalue weighted by Gasteiger charge is 2.34. The molecule has 2 nitrogen and oxygen atoms in total. The van der Waals surface area contributed by atoms with Crippen molar-refractivity contribution in [3.05, 3.63) is 29.6 Å². The Kier molecular flexibility index (Phi) is 1.48. The van der Waals surface area contributed by atoms with Gasteiger partial charge in [0.15, 0.2) is 0 Å². The Bertz CT molecular complexity index is 304. The molecule has 0 saturated carbocycles. The molecule has 1 aliphatic heterocycles. The summed E-state index contributed by atoms with van der Waals surface area (Å²) in [5.41, 5.74) is 2.75. The Morgan fingerprint density at radius 3 is 2.92 bits per heavy atom. The Hall–Kier alpha value is -0.890. The van der Waals surface area contributed by atoms with Gasteiger partial charge in [-0.2, -0.15) is 0 Å². The highest BCUT2D eigenvalue weighted by atomic mass is 15.2. The van der Waals surface area contributed by atoms with E-state index in [2.05, 4.69) is 36.8 Å². The molecule has 1 aromatic heterocycles. The molecule has 0 atom stereocenters. The normalized spacial score (nSPS) is 20.9. The molecule has 0 N–H and O–H groups in total. The van der Waals surface area contributed by atoms with Gasteiger partial charge >= 0.3 is 0 Å². The zero-order chi connectivity index (χ0) is 8.77.